The number of aromatic nitrogens is 3. The molecule has 9 heteroatoms. The lowest BCUT2D eigenvalue weighted by atomic mass is 10.1. The summed E-state index contributed by atoms with van der Waals surface area (Å²) in [6, 6.07) is 5.19. The Morgan fingerprint density at radius 1 is 1.38 bits per heavy atom. The first kappa shape index (κ1) is 15.8. The summed E-state index contributed by atoms with van der Waals surface area (Å²) in [4.78, 5) is 30.0. The Morgan fingerprint density at radius 3 is 2.88 bits per heavy atom. The lowest BCUT2D eigenvalue weighted by molar-refractivity contribution is -0.122. The standard InChI is InChI=1S/C15H17N5O4/c1-23-10-3-4-12(24-2)11(6-10)20-7-9(5-13(20)21)14(22)18-15-16-8-17-19-15/h3-4,6,8-9H,5,7H2,1-2H3,(H2,16,17,18,19,22). The molecule has 1 saturated heterocycles. The van der Waals surface area contributed by atoms with E-state index in [0.29, 0.717) is 17.2 Å². The van der Waals surface area contributed by atoms with Crippen molar-refractivity contribution in [2.24, 2.45) is 5.92 Å². The molecular weight excluding hydrogens is 314 g/mol. The van der Waals surface area contributed by atoms with Gasteiger partial charge in [0.15, 0.2) is 0 Å². The van der Waals surface area contributed by atoms with Crippen LogP contribution < -0.4 is 19.7 Å². The number of methoxy groups -OCH3 is 2. The molecule has 1 fully saturated rings. The maximum Gasteiger partial charge on any atom is 0.232 e. The first-order chi connectivity index (χ1) is 11.6. The van der Waals surface area contributed by atoms with Crippen molar-refractivity contribution in [3.8, 4) is 11.5 Å². The molecule has 1 unspecified atom stereocenters. The second kappa shape index (κ2) is 6.57. The van der Waals surface area contributed by atoms with E-state index >= 15 is 0 Å². The van der Waals surface area contributed by atoms with Crippen molar-refractivity contribution in [2.45, 2.75) is 6.42 Å². The van der Waals surface area contributed by atoms with Gasteiger partial charge in [-0.2, -0.15) is 10.1 Å². The topological polar surface area (TPSA) is 109 Å². The van der Waals surface area contributed by atoms with Crippen LogP contribution in [0.15, 0.2) is 24.5 Å². The fourth-order valence-electron chi connectivity index (χ4n) is 2.61. The quantitative estimate of drug-likeness (QED) is 0.839. The molecule has 0 saturated carbocycles. The van der Waals surface area contributed by atoms with E-state index in [1.165, 1.54) is 18.3 Å². The number of hydrogen-bond donors (Lipinski definition) is 2. The van der Waals surface area contributed by atoms with Crippen LogP contribution in [0.5, 0.6) is 11.5 Å². The van der Waals surface area contributed by atoms with E-state index in [4.69, 9.17) is 9.47 Å². The molecule has 9 nitrogen and oxygen atoms in total. The van der Waals surface area contributed by atoms with Gasteiger partial charge in [-0.1, -0.05) is 0 Å². The highest BCUT2D eigenvalue weighted by Gasteiger charge is 2.36. The van der Waals surface area contributed by atoms with E-state index in [1.54, 1.807) is 25.3 Å². The number of carbonyl (C=O) groups is 2. The number of anilines is 2. The molecule has 0 radical (unpaired) electrons. The van der Waals surface area contributed by atoms with Crippen LogP contribution in [0, 0.1) is 5.92 Å². The summed E-state index contributed by atoms with van der Waals surface area (Å²) < 4.78 is 10.5. The van der Waals surface area contributed by atoms with Crippen molar-refractivity contribution >= 4 is 23.5 Å². The van der Waals surface area contributed by atoms with Crippen LogP contribution in [0.25, 0.3) is 0 Å². The number of rotatable bonds is 5. The van der Waals surface area contributed by atoms with E-state index in [9.17, 15) is 9.59 Å². The van der Waals surface area contributed by atoms with Gasteiger partial charge >= 0.3 is 0 Å². The van der Waals surface area contributed by atoms with Crippen LogP contribution in [0.3, 0.4) is 0 Å². The Hall–Kier alpha value is -3.10. The molecule has 1 aliphatic heterocycles. The zero-order valence-electron chi connectivity index (χ0n) is 13.3. The minimum Gasteiger partial charge on any atom is -0.497 e. The second-order valence-electron chi connectivity index (χ2n) is 5.27. The number of amides is 2. The lowest BCUT2D eigenvalue weighted by Crippen LogP contribution is -2.28. The van der Waals surface area contributed by atoms with Gasteiger partial charge in [0, 0.05) is 19.0 Å². The maximum absolute atomic E-state index is 12.4. The summed E-state index contributed by atoms with van der Waals surface area (Å²) in [7, 11) is 3.07. The van der Waals surface area contributed by atoms with E-state index in [2.05, 4.69) is 20.5 Å². The monoisotopic (exact) mass is 331 g/mol. The number of aromatic amines is 1. The minimum absolute atomic E-state index is 0.111. The third-order valence-corrected chi connectivity index (χ3v) is 3.83. The van der Waals surface area contributed by atoms with Gasteiger partial charge < -0.3 is 14.4 Å². The van der Waals surface area contributed by atoms with E-state index in [0.717, 1.165) is 0 Å². The highest BCUT2D eigenvalue weighted by molar-refractivity contribution is 6.03. The minimum atomic E-state index is -0.487. The summed E-state index contributed by atoms with van der Waals surface area (Å²) in [5, 5.41) is 8.82. The molecule has 1 aromatic carbocycles. The highest BCUT2D eigenvalue weighted by atomic mass is 16.5. The SMILES string of the molecule is COc1ccc(OC)c(N2CC(C(=O)Nc3ncn[nH]3)CC2=O)c1. The van der Waals surface area contributed by atoms with Crippen molar-refractivity contribution in [2.75, 3.05) is 31.0 Å². The molecule has 24 heavy (non-hydrogen) atoms. The molecule has 1 aromatic heterocycles. The lowest BCUT2D eigenvalue weighted by Gasteiger charge is -2.20. The molecule has 1 atom stereocenters. The normalized spacial score (nSPS) is 17.0. The van der Waals surface area contributed by atoms with Gasteiger partial charge in [-0.3, -0.25) is 14.9 Å². The third-order valence-electron chi connectivity index (χ3n) is 3.83. The van der Waals surface area contributed by atoms with Crippen molar-refractivity contribution in [3.63, 3.8) is 0 Å². The number of H-pyrrole nitrogens is 1. The number of benzene rings is 1. The summed E-state index contributed by atoms with van der Waals surface area (Å²) in [6.07, 6.45) is 1.41. The molecule has 126 valence electrons. The van der Waals surface area contributed by atoms with Crippen molar-refractivity contribution in [1.82, 2.24) is 15.2 Å². The van der Waals surface area contributed by atoms with E-state index in [1.807, 2.05) is 0 Å². The average molecular weight is 331 g/mol. The van der Waals surface area contributed by atoms with Gasteiger partial charge in [0.05, 0.1) is 25.8 Å². The number of ether oxygens (including phenoxy) is 2. The molecule has 3 rings (SSSR count). The Balaban J connectivity index is 1.78. The first-order valence-electron chi connectivity index (χ1n) is 7.31. The van der Waals surface area contributed by atoms with Crippen molar-refractivity contribution < 1.29 is 19.1 Å². The predicted octanol–water partition coefficient (Wildman–Crippen LogP) is 0.813. The first-order valence-corrected chi connectivity index (χ1v) is 7.31. The van der Waals surface area contributed by atoms with Crippen molar-refractivity contribution in [1.29, 1.82) is 0 Å². The molecule has 1 aliphatic rings. The Bertz CT molecular complexity index is 746. The van der Waals surface area contributed by atoms with Gasteiger partial charge in [0.1, 0.15) is 17.8 Å². The number of hydrogen-bond acceptors (Lipinski definition) is 6. The van der Waals surface area contributed by atoms with Crippen LogP contribution >= 0.6 is 0 Å². The van der Waals surface area contributed by atoms with Gasteiger partial charge in [-0.15, -0.1) is 0 Å². The zero-order chi connectivity index (χ0) is 17.1. The fraction of sp³-hybridized carbons (Fsp3) is 0.333. The molecular formula is C15H17N5O4. The van der Waals surface area contributed by atoms with Gasteiger partial charge in [-0.25, -0.2) is 5.10 Å². The molecule has 2 heterocycles. The van der Waals surface area contributed by atoms with E-state index < -0.39 is 5.92 Å². The fourth-order valence-corrected chi connectivity index (χ4v) is 2.61. The zero-order valence-corrected chi connectivity index (χ0v) is 13.3. The summed E-state index contributed by atoms with van der Waals surface area (Å²) in [5.41, 5.74) is 0.580. The van der Waals surface area contributed by atoms with E-state index in [-0.39, 0.29) is 30.7 Å². The second-order valence-corrected chi connectivity index (χ2v) is 5.27. The Labute approximate surface area is 138 Å². The third kappa shape index (κ3) is 3.00. The maximum atomic E-state index is 12.4. The summed E-state index contributed by atoms with van der Waals surface area (Å²) in [6.45, 7) is 0.252. The largest absolute Gasteiger partial charge is 0.497 e. The molecule has 0 bridgehead atoms. The number of nitrogens with one attached hydrogen (secondary N) is 2. The van der Waals surface area contributed by atoms with Crippen LogP contribution in [0.4, 0.5) is 11.6 Å². The Kier molecular flexibility index (Phi) is 4.32. The van der Waals surface area contributed by atoms with Gasteiger partial charge in [-0.05, 0) is 12.1 Å². The molecule has 0 aliphatic carbocycles. The summed E-state index contributed by atoms with van der Waals surface area (Å²) in [5.74, 6) is 0.473. The summed E-state index contributed by atoms with van der Waals surface area (Å²) >= 11 is 0. The van der Waals surface area contributed by atoms with Crippen LogP contribution in [-0.4, -0.2) is 47.8 Å². The van der Waals surface area contributed by atoms with Crippen LogP contribution in [0.2, 0.25) is 0 Å². The number of nitrogens with zero attached hydrogens (tertiary/aromatic N) is 3. The van der Waals surface area contributed by atoms with Gasteiger partial charge in [0.25, 0.3) is 0 Å². The molecule has 2 amide bonds. The smallest absolute Gasteiger partial charge is 0.232 e. The molecule has 2 N–H and O–H groups in total. The predicted molar refractivity (Wildman–Crippen MR) is 85.0 cm³/mol. The highest BCUT2D eigenvalue weighted by Crippen LogP contribution is 2.36. The van der Waals surface area contributed by atoms with Crippen LogP contribution in [-0.2, 0) is 9.59 Å². The molecule has 2 aromatic rings. The van der Waals surface area contributed by atoms with Gasteiger partial charge in [0.2, 0.25) is 17.8 Å². The average Bonchev–Trinajstić information content (AvgIpc) is 3.23. The van der Waals surface area contributed by atoms with Crippen molar-refractivity contribution in [3.05, 3.63) is 24.5 Å². The molecule has 0 spiro atoms. The number of carbonyl (C=O) groups excluding carboxylic acids is 2. The Morgan fingerprint density at radius 2 is 2.21 bits per heavy atom. The van der Waals surface area contributed by atoms with Crippen LogP contribution in [0.1, 0.15) is 6.42 Å².